The number of carbonyl (C=O) groups excluding carboxylic acids is 1. The summed E-state index contributed by atoms with van der Waals surface area (Å²) in [4.78, 5) is 23.3. The van der Waals surface area contributed by atoms with Crippen LogP contribution in [0.1, 0.15) is 33.8 Å². The molecule has 136 valence electrons. The molecule has 0 bridgehead atoms. The van der Waals surface area contributed by atoms with Crippen molar-refractivity contribution in [2.75, 3.05) is 7.11 Å². The number of hydrogen-bond donors (Lipinski definition) is 2. The smallest absolute Gasteiger partial charge is 0.339 e. The van der Waals surface area contributed by atoms with Crippen molar-refractivity contribution in [2.45, 2.75) is 18.9 Å². The monoisotopic (exact) mass is 361 g/mol. The van der Waals surface area contributed by atoms with Crippen molar-refractivity contribution >= 4 is 11.9 Å². The molecule has 5 nitrogen and oxygen atoms in total. The van der Waals surface area contributed by atoms with Crippen LogP contribution in [0.3, 0.4) is 0 Å². The third kappa shape index (κ3) is 3.66. The molecule has 0 heterocycles. The van der Waals surface area contributed by atoms with Gasteiger partial charge in [0.2, 0.25) is 5.91 Å². The maximum Gasteiger partial charge on any atom is 0.339 e. The standard InChI is InChI=1S/C19H17F2NO4/c1-26-17-6-10(2-4-13(17)19(24)25)9-22-18(23)15-8-14(15)12-5-3-11(20)7-16(12)21/h2-7,14-15H,8-9H2,1H3,(H,22,23)(H,24,25)/t14-,15-/m1/s1. The van der Waals surface area contributed by atoms with Gasteiger partial charge in [0, 0.05) is 18.5 Å². The fraction of sp³-hybridized carbons (Fsp3) is 0.263. The van der Waals surface area contributed by atoms with Crippen molar-refractivity contribution in [2.24, 2.45) is 5.92 Å². The van der Waals surface area contributed by atoms with E-state index in [9.17, 15) is 18.4 Å². The van der Waals surface area contributed by atoms with E-state index < -0.39 is 17.6 Å². The van der Waals surface area contributed by atoms with Crippen LogP contribution in [0.25, 0.3) is 0 Å². The summed E-state index contributed by atoms with van der Waals surface area (Å²) in [5, 5.41) is 11.8. The maximum atomic E-state index is 13.8. The van der Waals surface area contributed by atoms with Crippen molar-refractivity contribution in [3.05, 3.63) is 64.7 Å². The van der Waals surface area contributed by atoms with Gasteiger partial charge >= 0.3 is 5.97 Å². The zero-order valence-corrected chi connectivity index (χ0v) is 14.0. The number of amides is 1. The molecular weight excluding hydrogens is 344 g/mol. The fourth-order valence-electron chi connectivity index (χ4n) is 2.97. The first-order chi connectivity index (χ1) is 12.4. The van der Waals surface area contributed by atoms with Crippen LogP contribution in [0.5, 0.6) is 5.75 Å². The minimum absolute atomic E-state index is 0.0385. The lowest BCUT2D eigenvalue weighted by Crippen LogP contribution is -2.25. The highest BCUT2D eigenvalue weighted by Crippen LogP contribution is 2.48. The van der Waals surface area contributed by atoms with Gasteiger partial charge in [-0.2, -0.15) is 0 Å². The molecule has 2 N–H and O–H groups in total. The minimum atomic E-state index is -1.10. The Morgan fingerprint density at radius 1 is 1.23 bits per heavy atom. The number of aromatic carboxylic acids is 1. The normalized spacial score (nSPS) is 18.3. The minimum Gasteiger partial charge on any atom is -0.496 e. The van der Waals surface area contributed by atoms with E-state index in [1.165, 1.54) is 25.3 Å². The summed E-state index contributed by atoms with van der Waals surface area (Å²) in [5.41, 5.74) is 1.07. The molecule has 7 heteroatoms. The first kappa shape index (κ1) is 17.8. The number of carbonyl (C=O) groups is 2. The Morgan fingerprint density at radius 2 is 2.00 bits per heavy atom. The van der Waals surface area contributed by atoms with Gasteiger partial charge in [-0.3, -0.25) is 4.79 Å². The SMILES string of the molecule is COc1cc(CNC(=O)[C@@H]2C[C@@H]2c2ccc(F)cc2F)ccc1C(=O)O. The Kier molecular flexibility index (Phi) is 4.88. The van der Waals surface area contributed by atoms with Gasteiger partial charge in [-0.1, -0.05) is 12.1 Å². The van der Waals surface area contributed by atoms with E-state index >= 15 is 0 Å². The van der Waals surface area contributed by atoms with E-state index in [0.29, 0.717) is 17.5 Å². The summed E-state index contributed by atoms with van der Waals surface area (Å²) in [6.07, 6.45) is 0.510. The van der Waals surface area contributed by atoms with Gasteiger partial charge in [-0.05, 0) is 41.7 Å². The van der Waals surface area contributed by atoms with Gasteiger partial charge in [0.05, 0.1) is 7.11 Å². The maximum absolute atomic E-state index is 13.8. The molecule has 0 aromatic heterocycles. The molecule has 0 aliphatic heterocycles. The van der Waals surface area contributed by atoms with E-state index in [4.69, 9.17) is 9.84 Å². The fourth-order valence-corrected chi connectivity index (χ4v) is 2.97. The topological polar surface area (TPSA) is 75.6 Å². The highest BCUT2D eigenvalue weighted by molar-refractivity contribution is 5.91. The van der Waals surface area contributed by atoms with Crippen LogP contribution in [0.15, 0.2) is 36.4 Å². The predicted molar refractivity (Wildman–Crippen MR) is 89.0 cm³/mol. The Bertz CT molecular complexity index is 869. The van der Waals surface area contributed by atoms with Crippen LogP contribution in [0.4, 0.5) is 8.78 Å². The average Bonchev–Trinajstić information content (AvgIpc) is 3.39. The number of rotatable bonds is 6. The molecule has 1 saturated carbocycles. The summed E-state index contributed by atoms with van der Waals surface area (Å²) in [7, 11) is 1.37. The molecule has 0 saturated heterocycles. The summed E-state index contributed by atoms with van der Waals surface area (Å²) in [6.45, 7) is 0.199. The van der Waals surface area contributed by atoms with E-state index in [1.54, 1.807) is 12.1 Å². The zero-order chi connectivity index (χ0) is 18.8. The molecule has 2 aromatic rings. The lowest BCUT2D eigenvalue weighted by atomic mass is 10.1. The zero-order valence-electron chi connectivity index (χ0n) is 14.0. The summed E-state index contributed by atoms with van der Waals surface area (Å²) in [6, 6.07) is 7.93. The van der Waals surface area contributed by atoms with Crippen molar-refractivity contribution in [1.29, 1.82) is 0 Å². The number of halogens is 2. The highest BCUT2D eigenvalue weighted by Gasteiger charge is 2.45. The summed E-state index contributed by atoms with van der Waals surface area (Å²) >= 11 is 0. The van der Waals surface area contributed by atoms with E-state index in [1.807, 2.05) is 0 Å². The van der Waals surface area contributed by atoms with Gasteiger partial charge in [-0.25, -0.2) is 13.6 Å². The van der Waals surface area contributed by atoms with Crippen LogP contribution in [0.2, 0.25) is 0 Å². The quantitative estimate of drug-likeness (QED) is 0.829. The predicted octanol–water partition coefficient (Wildman–Crippen LogP) is 3.09. The highest BCUT2D eigenvalue weighted by atomic mass is 19.1. The van der Waals surface area contributed by atoms with Crippen molar-refractivity contribution in [3.8, 4) is 5.75 Å². The van der Waals surface area contributed by atoms with E-state index in [0.717, 1.165) is 6.07 Å². The molecule has 1 amide bonds. The molecule has 1 aliphatic carbocycles. The van der Waals surface area contributed by atoms with Crippen LogP contribution in [-0.2, 0) is 11.3 Å². The molecule has 3 rings (SSSR count). The number of benzene rings is 2. The van der Waals surface area contributed by atoms with Crippen LogP contribution < -0.4 is 10.1 Å². The third-order valence-corrected chi connectivity index (χ3v) is 4.45. The number of ether oxygens (including phenoxy) is 1. The molecule has 1 fully saturated rings. The van der Waals surface area contributed by atoms with Crippen LogP contribution in [0, 0.1) is 17.6 Å². The molecular formula is C19H17F2NO4. The van der Waals surface area contributed by atoms with Crippen molar-refractivity contribution in [1.82, 2.24) is 5.32 Å². The van der Waals surface area contributed by atoms with Crippen molar-refractivity contribution < 1.29 is 28.2 Å². The lowest BCUT2D eigenvalue weighted by Gasteiger charge is -2.09. The van der Waals surface area contributed by atoms with Gasteiger partial charge < -0.3 is 15.2 Å². The second-order valence-electron chi connectivity index (χ2n) is 6.17. The number of hydrogen-bond acceptors (Lipinski definition) is 3. The molecule has 2 aromatic carbocycles. The summed E-state index contributed by atoms with van der Waals surface area (Å²) < 4.78 is 31.8. The Morgan fingerprint density at radius 3 is 2.65 bits per heavy atom. The number of nitrogens with one attached hydrogen (secondary N) is 1. The first-order valence-electron chi connectivity index (χ1n) is 8.03. The van der Waals surface area contributed by atoms with Crippen LogP contribution in [-0.4, -0.2) is 24.1 Å². The molecule has 0 radical (unpaired) electrons. The largest absolute Gasteiger partial charge is 0.496 e. The summed E-state index contributed by atoms with van der Waals surface area (Å²) in [5.74, 6) is -3.00. The molecule has 26 heavy (non-hydrogen) atoms. The number of carboxylic acids is 1. The Labute approximate surface area is 148 Å². The van der Waals surface area contributed by atoms with Gasteiger partial charge in [-0.15, -0.1) is 0 Å². The Hall–Kier alpha value is -2.96. The Balaban J connectivity index is 1.61. The number of carboxylic acid groups (broad SMARTS) is 1. The van der Waals surface area contributed by atoms with Gasteiger partial charge in [0.1, 0.15) is 22.9 Å². The molecule has 0 unspecified atom stereocenters. The second kappa shape index (κ2) is 7.11. The third-order valence-electron chi connectivity index (χ3n) is 4.45. The van der Waals surface area contributed by atoms with E-state index in [-0.39, 0.29) is 35.6 Å². The van der Waals surface area contributed by atoms with E-state index in [2.05, 4.69) is 5.32 Å². The van der Waals surface area contributed by atoms with Crippen LogP contribution >= 0.6 is 0 Å². The van der Waals surface area contributed by atoms with Crippen molar-refractivity contribution in [3.63, 3.8) is 0 Å². The lowest BCUT2D eigenvalue weighted by molar-refractivity contribution is -0.122. The van der Waals surface area contributed by atoms with Gasteiger partial charge in [0.25, 0.3) is 0 Å². The average molecular weight is 361 g/mol. The molecule has 2 atom stereocenters. The first-order valence-corrected chi connectivity index (χ1v) is 8.03. The second-order valence-corrected chi connectivity index (χ2v) is 6.17. The molecule has 0 spiro atoms. The molecule has 1 aliphatic rings. The van der Waals surface area contributed by atoms with Gasteiger partial charge in [0.15, 0.2) is 0 Å². The number of methoxy groups -OCH3 is 1.